The van der Waals surface area contributed by atoms with E-state index in [0.717, 1.165) is 40.4 Å². The minimum Gasteiger partial charge on any atom is -0.393 e. The molecule has 0 amide bonds. The molecule has 2 aromatic rings. The highest BCUT2D eigenvalue weighted by molar-refractivity contribution is 14.1. The molecule has 1 saturated carbocycles. The number of aliphatic hydroxyl groups is 1. The lowest BCUT2D eigenvalue weighted by atomic mass is 9.93. The Bertz CT molecular complexity index is 690. The van der Waals surface area contributed by atoms with E-state index in [2.05, 4.69) is 42.6 Å². The van der Waals surface area contributed by atoms with E-state index >= 15 is 0 Å². The molecule has 0 aromatic carbocycles. The number of hydrogen-bond acceptors (Lipinski definition) is 5. The third kappa shape index (κ3) is 3.07. The number of hydrogen-bond donors (Lipinski definition) is 1. The van der Waals surface area contributed by atoms with Gasteiger partial charge in [0.15, 0.2) is 11.5 Å². The maximum absolute atomic E-state index is 9.68. The summed E-state index contributed by atoms with van der Waals surface area (Å²) in [6, 6.07) is 0.287. The van der Waals surface area contributed by atoms with Crippen LogP contribution in [0.15, 0.2) is 11.3 Å². The van der Waals surface area contributed by atoms with Crippen LogP contribution in [-0.4, -0.2) is 56.3 Å². The lowest BCUT2D eigenvalue weighted by Crippen LogP contribution is -2.22. The summed E-state index contributed by atoms with van der Waals surface area (Å²) in [4.78, 5) is 15.0. The molecule has 0 atom stereocenters. The van der Waals surface area contributed by atoms with Crippen molar-refractivity contribution < 1.29 is 5.11 Å². The van der Waals surface area contributed by atoms with Gasteiger partial charge in [0.25, 0.3) is 0 Å². The fourth-order valence-electron chi connectivity index (χ4n) is 2.74. The molecule has 1 aliphatic carbocycles. The summed E-state index contributed by atoms with van der Waals surface area (Å²) >= 11 is 2.21. The van der Waals surface area contributed by atoms with Gasteiger partial charge in [-0.3, -0.25) is 0 Å². The van der Waals surface area contributed by atoms with Crippen LogP contribution in [0.4, 0.5) is 5.82 Å². The lowest BCUT2D eigenvalue weighted by molar-refractivity contribution is 0.108. The molecule has 0 saturated heterocycles. The summed E-state index contributed by atoms with van der Waals surface area (Å²) in [7, 11) is 3.84. The van der Waals surface area contributed by atoms with Crippen LogP contribution in [0.3, 0.4) is 0 Å². The third-order valence-corrected chi connectivity index (χ3v) is 4.60. The number of aliphatic hydroxyl groups excluding tert-OH is 1. The van der Waals surface area contributed by atoms with E-state index in [1.807, 2.05) is 23.7 Å². The molecule has 8 heteroatoms. The van der Waals surface area contributed by atoms with Gasteiger partial charge in [-0.2, -0.15) is 5.10 Å². The van der Waals surface area contributed by atoms with Gasteiger partial charge in [0.2, 0.25) is 0 Å². The fraction of sp³-hybridized carbons (Fsp3) is 0.571. The molecule has 1 N–H and O–H groups in total. The first-order valence-electron chi connectivity index (χ1n) is 7.33. The Morgan fingerprint density at radius 3 is 2.73 bits per heavy atom. The lowest BCUT2D eigenvalue weighted by Gasteiger charge is -2.25. The SMILES string of the molecule is CN(C)C=Nc1ncnc2c1c(I)nn2C1CCC(O)CC1. The van der Waals surface area contributed by atoms with Crippen molar-refractivity contribution in [2.75, 3.05) is 14.1 Å². The number of rotatable bonds is 3. The van der Waals surface area contributed by atoms with Crippen LogP contribution < -0.4 is 0 Å². The van der Waals surface area contributed by atoms with Crippen molar-refractivity contribution in [3.8, 4) is 0 Å². The Morgan fingerprint density at radius 2 is 2.05 bits per heavy atom. The summed E-state index contributed by atoms with van der Waals surface area (Å²) in [6.07, 6.45) is 6.58. The monoisotopic (exact) mass is 414 g/mol. The van der Waals surface area contributed by atoms with Crippen LogP contribution >= 0.6 is 22.6 Å². The van der Waals surface area contributed by atoms with Crippen molar-refractivity contribution in [3.63, 3.8) is 0 Å². The van der Waals surface area contributed by atoms with Crippen LogP contribution in [0.25, 0.3) is 11.0 Å². The van der Waals surface area contributed by atoms with E-state index in [-0.39, 0.29) is 12.1 Å². The standard InChI is InChI=1S/C14H19IN6O/c1-20(2)8-18-13-11-12(15)19-21(14(11)17-7-16-13)9-3-5-10(22)6-4-9/h7-10,22H,3-6H2,1-2H3. The zero-order valence-electron chi connectivity index (χ0n) is 12.6. The van der Waals surface area contributed by atoms with Crippen LogP contribution in [0.2, 0.25) is 0 Å². The summed E-state index contributed by atoms with van der Waals surface area (Å²) in [6.45, 7) is 0. The van der Waals surface area contributed by atoms with E-state index in [0.29, 0.717) is 5.82 Å². The molecule has 1 fully saturated rings. The second-order valence-corrected chi connectivity index (χ2v) is 6.82. The Morgan fingerprint density at radius 1 is 1.32 bits per heavy atom. The van der Waals surface area contributed by atoms with E-state index in [9.17, 15) is 5.11 Å². The summed E-state index contributed by atoms with van der Waals surface area (Å²) in [5.74, 6) is 0.644. The number of halogens is 1. The van der Waals surface area contributed by atoms with E-state index in [1.165, 1.54) is 6.33 Å². The van der Waals surface area contributed by atoms with Gasteiger partial charge >= 0.3 is 0 Å². The average Bonchev–Trinajstić information content (AvgIpc) is 2.84. The Kier molecular flexibility index (Phi) is 4.57. The highest BCUT2D eigenvalue weighted by atomic mass is 127. The minimum absolute atomic E-state index is 0.174. The van der Waals surface area contributed by atoms with Crippen molar-refractivity contribution >= 4 is 45.8 Å². The fourth-order valence-corrected chi connectivity index (χ4v) is 3.46. The molecule has 1 aliphatic rings. The molecule has 2 heterocycles. The van der Waals surface area contributed by atoms with Crippen molar-refractivity contribution in [1.29, 1.82) is 0 Å². The Labute approximate surface area is 142 Å². The second kappa shape index (κ2) is 6.45. The molecule has 7 nitrogen and oxygen atoms in total. The number of aromatic nitrogens is 4. The highest BCUT2D eigenvalue weighted by Gasteiger charge is 2.25. The number of aliphatic imine (C=N–C) groups is 1. The van der Waals surface area contributed by atoms with Crippen molar-refractivity contribution in [3.05, 3.63) is 10.0 Å². The van der Waals surface area contributed by atoms with Gasteiger partial charge in [-0.1, -0.05) is 0 Å². The van der Waals surface area contributed by atoms with Gasteiger partial charge in [-0.05, 0) is 48.3 Å². The Hall–Kier alpha value is -1.29. The van der Waals surface area contributed by atoms with Gasteiger partial charge in [-0.15, -0.1) is 0 Å². The average molecular weight is 414 g/mol. The largest absolute Gasteiger partial charge is 0.393 e. The molecular formula is C14H19IN6O. The van der Waals surface area contributed by atoms with Crippen LogP contribution in [-0.2, 0) is 0 Å². The van der Waals surface area contributed by atoms with Crippen LogP contribution in [0.1, 0.15) is 31.7 Å². The first-order valence-corrected chi connectivity index (χ1v) is 8.41. The van der Waals surface area contributed by atoms with E-state index in [4.69, 9.17) is 0 Å². The zero-order valence-corrected chi connectivity index (χ0v) is 14.8. The van der Waals surface area contributed by atoms with Crippen molar-refractivity contribution in [2.24, 2.45) is 4.99 Å². The molecular weight excluding hydrogens is 395 g/mol. The highest BCUT2D eigenvalue weighted by Crippen LogP contribution is 2.33. The topological polar surface area (TPSA) is 79.4 Å². The second-order valence-electron chi connectivity index (χ2n) is 5.80. The molecule has 0 spiro atoms. The Balaban J connectivity index is 2.01. The molecule has 22 heavy (non-hydrogen) atoms. The van der Waals surface area contributed by atoms with Crippen molar-refractivity contribution in [2.45, 2.75) is 37.8 Å². The molecule has 3 rings (SSSR count). The van der Waals surface area contributed by atoms with E-state index < -0.39 is 0 Å². The normalized spacial score (nSPS) is 22.5. The quantitative estimate of drug-likeness (QED) is 0.473. The molecule has 2 aromatic heterocycles. The van der Waals surface area contributed by atoms with Crippen LogP contribution in [0.5, 0.6) is 0 Å². The first-order chi connectivity index (χ1) is 10.6. The third-order valence-electron chi connectivity index (χ3n) is 3.85. The summed E-state index contributed by atoms with van der Waals surface area (Å²) in [5, 5.41) is 15.2. The molecule has 0 aliphatic heterocycles. The summed E-state index contributed by atoms with van der Waals surface area (Å²) < 4.78 is 2.85. The van der Waals surface area contributed by atoms with Gasteiger partial charge in [0, 0.05) is 14.1 Å². The summed E-state index contributed by atoms with van der Waals surface area (Å²) in [5.41, 5.74) is 0.826. The van der Waals surface area contributed by atoms with Gasteiger partial charge in [-0.25, -0.2) is 19.6 Å². The zero-order chi connectivity index (χ0) is 15.7. The smallest absolute Gasteiger partial charge is 0.169 e. The maximum Gasteiger partial charge on any atom is 0.169 e. The molecule has 0 radical (unpaired) electrons. The van der Waals surface area contributed by atoms with Crippen LogP contribution in [0, 0.1) is 3.70 Å². The molecule has 118 valence electrons. The molecule has 0 unspecified atom stereocenters. The van der Waals surface area contributed by atoms with Gasteiger partial charge in [0.1, 0.15) is 10.0 Å². The minimum atomic E-state index is -0.174. The maximum atomic E-state index is 9.68. The van der Waals surface area contributed by atoms with Gasteiger partial charge < -0.3 is 10.0 Å². The number of fused-ring (bicyclic) bond motifs is 1. The van der Waals surface area contributed by atoms with Crippen molar-refractivity contribution in [1.82, 2.24) is 24.6 Å². The van der Waals surface area contributed by atoms with E-state index in [1.54, 1.807) is 6.34 Å². The van der Waals surface area contributed by atoms with Gasteiger partial charge in [0.05, 0.1) is 23.9 Å². The predicted octanol–water partition coefficient (Wildman–Crippen LogP) is 2.13. The molecule has 0 bridgehead atoms. The number of nitrogens with zero attached hydrogens (tertiary/aromatic N) is 6. The first kappa shape index (κ1) is 15.6. The predicted molar refractivity (Wildman–Crippen MR) is 93.4 cm³/mol.